The summed E-state index contributed by atoms with van der Waals surface area (Å²) in [5.41, 5.74) is 0.975. The van der Waals surface area contributed by atoms with Gasteiger partial charge in [-0.3, -0.25) is 9.59 Å². The lowest BCUT2D eigenvalue weighted by molar-refractivity contribution is 0.0963. The van der Waals surface area contributed by atoms with Crippen molar-refractivity contribution in [3.05, 3.63) is 23.5 Å². The van der Waals surface area contributed by atoms with Crippen molar-refractivity contribution in [2.24, 2.45) is 5.92 Å². The molecule has 70 valence electrons. The minimum absolute atomic E-state index is 0.0584. The second-order valence-electron chi connectivity index (χ2n) is 3.47. The number of hydrogen-bond acceptors (Lipinski definition) is 2. The largest absolute Gasteiger partial charge is 0.350 e. The first-order valence-electron chi connectivity index (χ1n) is 4.31. The number of ketones is 1. The van der Waals surface area contributed by atoms with Gasteiger partial charge in [-0.2, -0.15) is 0 Å². The predicted molar refractivity (Wildman–Crippen MR) is 50.0 cm³/mol. The monoisotopic (exact) mass is 179 g/mol. The molecule has 3 nitrogen and oxygen atoms in total. The van der Waals surface area contributed by atoms with Crippen molar-refractivity contribution in [3.8, 4) is 0 Å². The minimum atomic E-state index is 0.0584. The lowest BCUT2D eigenvalue weighted by atomic mass is 10.1. The van der Waals surface area contributed by atoms with Crippen molar-refractivity contribution in [1.82, 2.24) is 4.98 Å². The number of aromatic amines is 1. The number of rotatable bonds is 4. The van der Waals surface area contributed by atoms with E-state index in [1.807, 2.05) is 13.8 Å². The summed E-state index contributed by atoms with van der Waals surface area (Å²) in [5.74, 6) is 0.401. The van der Waals surface area contributed by atoms with Gasteiger partial charge < -0.3 is 4.98 Å². The fraction of sp³-hybridized carbons (Fsp3) is 0.400. The van der Waals surface area contributed by atoms with Crippen LogP contribution in [-0.2, 0) is 0 Å². The van der Waals surface area contributed by atoms with E-state index in [1.54, 1.807) is 12.1 Å². The lowest BCUT2D eigenvalue weighted by Crippen LogP contribution is -2.03. The van der Waals surface area contributed by atoms with Crippen molar-refractivity contribution in [2.45, 2.75) is 20.3 Å². The van der Waals surface area contributed by atoms with Crippen LogP contribution in [0.5, 0.6) is 0 Å². The number of aromatic nitrogens is 1. The molecule has 1 aromatic heterocycles. The van der Waals surface area contributed by atoms with Crippen molar-refractivity contribution in [3.63, 3.8) is 0 Å². The van der Waals surface area contributed by atoms with Gasteiger partial charge in [-0.15, -0.1) is 0 Å². The number of aldehydes is 1. The van der Waals surface area contributed by atoms with E-state index in [0.717, 1.165) is 0 Å². The molecule has 1 rings (SSSR count). The fourth-order valence-corrected chi connectivity index (χ4v) is 1.12. The molecule has 1 heterocycles. The highest BCUT2D eigenvalue weighted by molar-refractivity contribution is 5.95. The number of hydrogen-bond donors (Lipinski definition) is 1. The SMILES string of the molecule is CC(C)CC(=O)c1ccc(C=O)[nH]1. The zero-order chi connectivity index (χ0) is 9.84. The van der Waals surface area contributed by atoms with E-state index in [9.17, 15) is 9.59 Å². The molecule has 13 heavy (non-hydrogen) atoms. The molecule has 0 fully saturated rings. The Labute approximate surface area is 77.2 Å². The molecule has 0 unspecified atom stereocenters. The molecule has 0 aliphatic heterocycles. The molecule has 0 bridgehead atoms. The summed E-state index contributed by atoms with van der Waals surface area (Å²) in [6.07, 6.45) is 1.21. The summed E-state index contributed by atoms with van der Waals surface area (Å²) in [4.78, 5) is 24.5. The summed E-state index contributed by atoms with van der Waals surface area (Å²) >= 11 is 0. The van der Waals surface area contributed by atoms with Gasteiger partial charge in [0.15, 0.2) is 12.1 Å². The fourth-order valence-electron chi connectivity index (χ4n) is 1.12. The van der Waals surface area contributed by atoms with Gasteiger partial charge in [-0.1, -0.05) is 13.8 Å². The average Bonchev–Trinajstić information content (AvgIpc) is 2.50. The van der Waals surface area contributed by atoms with Crippen LogP contribution in [0.3, 0.4) is 0 Å². The normalized spacial score (nSPS) is 10.4. The van der Waals surface area contributed by atoms with Crippen molar-refractivity contribution < 1.29 is 9.59 Å². The third kappa shape index (κ3) is 2.54. The third-order valence-corrected chi connectivity index (χ3v) is 1.73. The summed E-state index contributed by atoms with van der Waals surface area (Å²) < 4.78 is 0. The first-order valence-corrected chi connectivity index (χ1v) is 4.31. The Bertz CT molecular complexity index is 312. The molecule has 3 heteroatoms. The molecule has 0 aromatic carbocycles. The van der Waals surface area contributed by atoms with E-state index in [4.69, 9.17) is 0 Å². The molecule has 0 aliphatic rings. The standard InChI is InChI=1S/C10H13NO2/c1-7(2)5-10(13)9-4-3-8(6-12)11-9/h3-4,6-7,11H,5H2,1-2H3. The third-order valence-electron chi connectivity index (χ3n) is 1.73. The van der Waals surface area contributed by atoms with Crippen LogP contribution in [0, 0.1) is 5.92 Å². The quantitative estimate of drug-likeness (QED) is 0.568. The van der Waals surface area contributed by atoms with Crippen molar-refractivity contribution in [2.75, 3.05) is 0 Å². The van der Waals surface area contributed by atoms with E-state index in [2.05, 4.69) is 4.98 Å². The van der Waals surface area contributed by atoms with Gasteiger partial charge in [0.2, 0.25) is 0 Å². The number of nitrogens with one attached hydrogen (secondary N) is 1. The Morgan fingerprint density at radius 2 is 2.23 bits per heavy atom. The smallest absolute Gasteiger partial charge is 0.179 e. The zero-order valence-electron chi connectivity index (χ0n) is 7.83. The van der Waals surface area contributed by atoms with Crippen LogP contribution in [0.4, 0.5) is 0 Å². The van der Waals surface area contributed by atoms with Crippen LogP contribution < -0.4 is 0 Å². The Balaban J connectivity index is 2.71. The molecule has 0 spiro atoms. The topological polar surface area (TPSA) is 49.9 Å². The predicted octanol–water partition coefficient (Wildman–Crippen LogP) is 2.06. The number of Topliss-reactive ketones (excluding diaryl/α,β-unsaturated/α-hetero) is 1. The molecule has 0 saturated carbocycles. The molecule has 0 radical (unpaired) electrons. The molecule has 0 aliphatic carbocycles. The Morgan fingerprint density at radius 3 is 2.69 bits per heavy atom. The lowest BCUT2D eigenvalue weighted by Gasteiger charge is -2.00. The number of carbonyl (C=O) groups excluding carboxylic acids is 2. The molecule has 0 saturated heterocycles. The molecule has 1 aromatic rings. The molecular formula is C10H13NO2. The minimum Gasteiger partial charge on any atom is -0.350 e. The van der Waals surface area contributed by atoms with Gasteiger partial charge in [0.1, 0.15) is 0 Å². The highest BCUT2D eigenvalue weighted by Crippen LogP contribution is 2.08. The maximum Gasteiger partial charge on any atom is 0.179 e. The van der Waals surface area contributed by atoms with Crippen LogP contribution in [-0.4, -0.2) is 17.1 Å². The van der Waals surface area contributed by atoms with E-state index in [-0.39, 0.29) is 5.78 Å². The summed E-state index contributed by atoms with van der Waals surface area (Å²) in [7, 11) is 0. The number of H-pyrrole nitrogens is 1. The maximum atomic E-state index is 11.4. The van der Waals surface area contributed by atoms with Gasteiger partial charge in [0, 0.05) is 6.42 Å². The van der Waals surface area contributed by atoms with Crippen molar-refractivity contribution >= 4 is 12.1 Å². The van der Waals surface area contributed by atoms with Crippen LogP contribution >= 0.6 is 0 Å². The van der Waals surface area contributed by atoms with E-state index in [1.165, 1.54) is 0 Å². The van der Waals surface area contributed by atoms with E-state index < -0.39 is 0 Å². The molecule has 0 atom stereocenters. The summed E-state index contributed by atoms with van der Waals surface area (Å²) in [6.45, 7) is 3.98. The van der Waals surface area contributed by atoms with Gasteiger partial charge in [0.25, 0.3) is 0 Å². The van der Waals surface area contributed by atoms with Crippen LogP contribution in [0.1, 0.15) is 41.2 Å². The van der Waals surface area contributed by atoms with Gasteiger partial charge in [-0.25, -0.2) is 0 Å². The average molecular weight is 179 g/mol. The highest BCUT2D eigenvalue weighted by Gasteiger charge is 2.09. The molecule has 1 N–H and O–H groups in total. The summed E-state index contributed by atoms with van der Waals surface area (Å²) in [6, 6.07) is 3.26. The second kappa shape index (κ2) is 4.03. The van der Waals surface area contributed by atoms with Crippen molar-refractivity contribution in [1.29, 1.82) is 0 Å². The van der Waals surface area contributed by atoms with Crippen LogP contribution in [0.25, 0.3) is 0 Å². The van der Waals surface area contributed by atoms with E-state index in [0.29, 0.717) is 30.0 Å². The molecule has 0 amide bonds. The first-order chi connectivity index (χ1) is 6.13. The number of carbonyl (C=O) groups is 2. The highest BCUT2D eigenvalue weighted by atomic mass is 16.1. The second-order valence-corrected chi connectivity index (χ2v) is 3.47. The maximum absolute atomic E-state index is 11.4. The van der Waals surface area contributed by atoms with Gasteiger partial charge >= 0.3 is 0 Å². The summed E-state index contributed by atoms with van der Waals surface area (Å²) in [5, 5.41) is 0. The van der Waals surface area contributed by atoms with Crippen LogP contribution in [0.15, 0.2) is 12.1 Å². The molecular weight excluding hydrogens is 166 g/mol. The zero-order valence-corrected chi connectivity index (χ0v) is 7.83. The Kier molecular flexibility index (Phi) is 3.01. The van der Waals surface area contributed by atoms with Gasteiger partial charge in [0.05, 0.1) is 11.4 Å². The van der Waals surface area contributed by atoms with E-state index >= 15 is 0 Å². The van der Waals surface area contributed by atoms with Crippen LogP contribution in [0.2, 0.25) is 0 Å². The first kappa shape index (κ1) is 9.71. The Hall–Kier alpha value is -1.38. The Morgan fingerprint density at radius 1 is 1.54 bits per heavy atom. The van der Waals surface area contributed by atoms with Gasteiger partial charge in [-0.05, 0) is 18.1 Å².